The van der Waals surface area contributed by atoms with Gasteiger partial charge in [0, 0.05) is 18.7 Å². The van der Waals surface area contributed by atoms with Crippen molar-refractivity contribution >= 4 is 17.3 Å². The summed E-state index contributed by atoms with van der Waals surface area (Å²) < 4.78 is 5.28. The van der Waals surface area contributed by atoms with Crippen molar-refractivity contribution in [1.82, 2.24) is 5.32 Å². The Morgan fingerprint density at radius 3 is 2.95 bits per heavy atom. The predicted molar refractivity (Wildman–Crippen MR) is 70.6 cm³/mol. The van der Waals surface area contributed by atoms with E-state index < -0.39 is 11.0 Å². The molecule has 0 heterocycles. The van der Waals surface area contributed by atoms with Crippen molar-refractivity contribution in [2.75, 3.05) is 13.2 Å². The Labute approximate surface area is 115 Å². The fourth-order valence-electron chi connectivity index (χ4n) is 1.61. The van der Waals surface area contributed by atoms with Crippen molar-refractivity contribution in [3.05, 3.63) is 33.3 Å². The lowest BCUT2D eigenvalue weighted by atomic mass is 10.3. The van der Waals surface area contributed by atoms with Gasteiger partial charge in [0.15, 0.2) is 0 Å². The molecular weight excluding hydrogens is 272 g/mol. The maximum Gasteiger partial charge on any atom is 0.312 e. The van der Waals surface area contributed by atoms with Gasteiger partial charge in [-0.05, 0) is 18.9 Å². The van der Waals surface area contributed by atoms with Crippen LogP contribution in [0.4, 0.5) is 5.69 Å². The highest BCUT2D eigenvalue weighted by atomic mass is 35.5. The van der Waals surface area contributed by atoms with E-state index in [1.807, 2.05) is 0 Å². The number of halogens is 1. The lowest BCUT2D eigenvalue weighted by Crippen LogP contribution is -2.32. The summed E-state index contributed by atoms with van der Waals surface area (Å²) in [7, 11) is 0. The first kappa shape index (κ1) is 14.0. The molecule has 1 saturated carbocycles. The van der Waals surface area contributed by atoms with Crippen molar-refractivity contribution in [3.8, 4) is 5.75 Å². The number of nitro groups is 1. The van der Waals surface area contributed by atoms with E-state index in [4.69, 9.17) is 16.3 Å². The lowest BCUT2D eigenvalue weighted by molar-refractivity contribution is -0.385. The molecule has 2 N–H and O–H groups in total. The Balaban J connectivity index is 1.92. The van der Waals surface area contributed by atoms with Gasteiger partial charge in [-0.3, -0.25) is 10.1 Å². The van der Waals surface area contributed by atoms with E-state index in [0.29, 0.717) is 12.6 Å². The number of rotatable bonds is 7. The molecule has 104 valence electrons. The van der Waals surface area contributed by atoms with E-state index in [1.54, 1.807) is 0 Å². The number of para-hydroxylation sites is 1. The van der Waals surface area contributed by atoms with Crippen LogP contribution in [-0.2, 0) is 0 Å². The summed E-state index contributed by atoms with van der Waals surface area (Å²) in [4.78, 5) is 10.3. The number of hydrogen-bond donors (Lipinski definition) is 2. The first-order valence-electron chi connectivity index (χ1n) is 6.05. The molecule has 1 atom stereocenters. The van der Waals surface area contributed by atoms with Gasteiger partial charge in [0.2, 0.25) is 5.75 Å². The fraction of sp³-hybridized carbons (Fsp3) is 0.500. The first-order chi connectivity index (χ1) is 9.08. The number of nitro benzene ring substituents is 1. The standard InChI is InChI=1S/C12H15ClN2O4/c13-10-2-1-3-11(15(17)18)12(10)19-7-9(16)6-14-8-4-5-8/h1-3,8-9,14,16H,4-7H2. The van der Waals surface area contributed by atoms with Gasteiger partial charge in [-0.2, -0.15) is 0 Å². The van der Waals surface area contributed by atoms with Gasteiger partial charge in [0.1, 0.15) is 12.7 Å². The predicted octanol–water partition coefficient (Wildman–Crippen LogP) is 1.74. The summed E-state index contributed by atoms with van der Waals surface area (Å²) in [6.45, 7) is 0.368. The van der Waals surface area contributed by atoms with Crippen LogP contribution in [0.3, 0.4) is 0 Å². The first-order valence-corrected chi connectivity index (χ1v) is 6.43. The third-order valence-electron chi connectivity index (χ3n) is 2.78. The number of nitrogens with zero attached hydrogens (tertiary/aromatic N) is 1. The summed E-state index contributed by atoms with van der Waals surface area (Å²) in [5.41, 5.74) is -0.199. The Bertz CT molecular complexity index is 465. The maximum absolute atomic E-state index is 10.8. The molecule has 1 aromatic rings. The van der Waals surface area contributed by atoms with E-state index in [9.17, 15) is 15.2 Å². The van der Waals surface area contributed by atoms with E-state index in [2.05, 4.69) is 5.32 Å². The fourth-order valence-corrected chi connectivity index (χ4v) is 1.84. The third-order valence-corrected chi connectivity index (χ3v) is 3.08. The molecule has 0 spiro atoms. The Hall–Kier alpha value is -1.37. The second-order valence-electron chi connectivity index (χ2n) is 4.49. The van der Waals surface area contributed by atoms with Gasteiger partial charge in [-0.25, -0.2) is 0 Å². The monoisotopic (exact) mass is 286 g/mol. The average Bonchev–Trinajstić information content (AvgIpc) is 3.18. The third kappa shape index (κ3) is 4.05. The minimum atomic E-state index is -0.725. The summed E-state index contributed by atoms with van der Waals surface area (Å²) in [5.74, 6) is -0.000335. The molecule has 1 unspecified atom stereocenters. The number of benzene rings is 1. The largest absolute Gasteiger partial charge is 0.483 e. The zero-order valence-electron chi connectivity index (χ0n) is 10.2. The summed E-state index contributed by atoms with van der Waals surface area (Å²) >= 11 is 5.87. The molecule has 0 aromatic heterocycles. The molecule has 7 heteroatoms. The van der Waals surface area contributed by atoms with Crippen LogP contribution >= 0.6 is 11.6 Å². The van der Waals surface area contributed by atoms with Crippen LogP contribution in [0.1, 0.15) is 12.8 Å². The summed E-state index contributed by atoms with van der Waals surface area (Å²) in [6.07, 6.45) is 1.53. The number of nitrogens with one attached hydrogen (secondary N) is 1. The van der Waals surface area contributed by atoms with Crippen molar-refractivity contribution in [1.29, 1.82) is 0 Å². The van der Waals surface area contributed by atoms with Crippen molar-refractivity contribution in [3.63, 3.8) is 0 Å². The highest BCUT2D eigenvalue weighted by molar-refractivity contribution is 6.32. The number of aliphatic hydroxyl groups is 1. The molecule has 6 nitrogen and oxygen atoms in total. The molecule has 2 rings (SSSR count). The molecule has 0 amide bonds. The lowest BCUT2D eigenvalue weighted by Gasteiger charge is -2.13. The van der Waals surface area contributed by atoms with Crippen LogP contribution in [0.25, 0.3) is 0 Å². The highest BCUT2D eigenvalue weighted by Gasteiger charge is 2.22. The van der Waals surface area contributed by atoms with Crippen molar-refractivity contribution < 1.29 is 14.8 Å². The molecule has 1 aliphatic rings. The second-order valence-corrected chi connectivity index (χ2v) is 4.90. The zero-order valence-corrected chi connectivity index (χ0v) is 11.0. The molecule has 0 aliphatic heterocycles. The zero-order chi connectivity index (χ0) is 13.8. The normalized spacial score (nSPS) is 16.1. The highest BCUT2D eigenvalue weighted by Crippen LogP contribution is 2.34. The molecule has 1 fully saturated rings. The number of hydrogen-bond acceptors (Lipinski definition) is 5. The Kier molecular flexibility index (Phi) is 4.57. The van der Waals surface area contributed by atoms with E-state index in [1.165, 1.54) is 18.2 Å². The van der Waals surface area contributed by atoms with E-state index >= 15 is 0 Å². The quantitative estimate of drug-likeness (QED) is 0.589. The van der Waals surface area contributed by atoms with Crippen LogP contribution in [0.2, 0.25) is 5.02 Å². The number of aliphatic hydroxyl groups excluding tert-OH is 1. The summed E-state index contributed by atoms with van der Waals surface area (Å²) in [6, 6.07) is 4.80. The average molecular weight is 287 g/mol. The van der Waals surface area contributed by atoms with Crippen LogP contribution < -0.4 is 10.1 Å². The molecule has 19 heavy (non-hydrogen) atoms. The van der Waals surface area contributed by atoms with Gasteiger partial charge in [0.25, 0.3) is 0 Å². The molecule has 0 bridgehead atoms. The summed E-state index contributed by atoms with van der Waals surface area (Å²) in [5, 5.41) is 23.9. The smallest absolute Gasteiger partial charge is 0.312 e. The van der Waals surface area contributed by atoms with Gasteiger partial charge in [-0.1, -0.05) is 17.7 Å². The van der Waals surface area contributed by atoms with Gasteiger partial charge in [0.05, 0.1) is 9.95 Å². The minimum absolute atomic E-state index is 0.000335. The minimum Gasteiger partial charge on any atom is -0.483 e. The van der Waals surface area contributed by atoms with Crippen molar-refractivity contribution in [2.24, 2.45) is 0 Å². The molecule has 0 saturated heterocycles. The molecule has 1 aromatic carbocycles. The van der Waals surface area contributed by atoms with E-state index in [0.717, 1.165) is 12.8 Å². The van der Waals surface area contributed by atoms with Gasteiger partial charge < -0.3 is 15.2 Å². The van der Waals surface area contributed by atoms with Gasteiger partial charge >= 0.3 is 5.69 Å². The molecule has 1 aliphatic carbocycles. The van der Waals surface area contributed by atoms with Crippen LogP contribution in [0.5, 0.6) is 5.75 Å². The van der Waals surface area contributed by atoms with E-state index in [-0.39, 0.29) is 23.1 Å². The Morgan fingerprint density at radius 1 is 1.58 bits per heavy atom. The van der Waals surface area contributed by atoms with Crippen LogP contribution in [0, 0.1) is 10.1 Å². The second kappa shape index (κ2) is 6.18. The topological polar surface area (TPSA) is 84.6 Å². The van der Waals surface area contributed by atoms with Crippen molar-refractivity contribution in [2.45, 2.75) is 25.0 Å². The molecular formula is C12H15ClN2O4. The molecule has 0 radical (unpaired) electrons. The van der Waals surface area contributed by atoms with Gasteiger partial charge in [-0.15, -0.1) is 0 Å². The van der Waals surface area contributed by atoms with Crippen LogP contribution in [0.15, 0.2) is 18.2 Å². The van der Waals surface area contributed by atoms with Crippen LogP contribution in [-0.4, -0.2) is 35.3 Å². The SMILES string of the molecule is O=[N+]([O-])c1cccc(Cl)c1OCC(O)CNC1CC1. The maximum atomic E-state index is 10.8. The number of ether oxygens (including phenoxy) is 1. The Morgan fingerprint density at radius 2 is 2.32 bits per heavy atom.